The summed E-state index contributed by atoms with van der Waals surface area (Å²) in [5.41, 5.74) is 1.58. The maximum absolute atomic E-state index is 14.2. The van der Waals surface area contributed by atoms with Gasteiger partial charge in [0, 0.05) is 18.0 Å². The molecule has 0 aliphatic heterocycles. The zero-order chi connectivity index (χ0) is 18.4. The Morgan fingerprint density at radius 3 is 2.80 bits per heavy atom. The predicted molar refractivity (Wildman–Crippen MR) is 91.4 cm³/mol. The number of carbonyl (C=O) groups is 1. The number of nitrogens with one attached hydrogen (secondary N) is 2. The fraction of sp³-hybridized carbons (Fsp3) is 0.267. The molecular formula is C15H17FN4O4S. The number of halogens is 1. The molecular weight excluding hydrogens is 351 g/mol. The van der Waals surface area contributed by atoms with Crippen molar-refractivity contribution in [2.45, 2.75) is 4.90 Å². The van der Waals surface area contributed by atoms with Crippen LogP contribution in [0.5, 0.6) is 0 Å². The molecule has 1 aromatic carbocycles. The van der Waals surface area contributed by atoms with Gasteiger partial charge in [-0.1, -0.05) is 0 Å². The van der Waals surface area contributed by atoms with Crippen LogP contribution in [-0.4, -0.2) is 40.3 Å². The van der Waals surface area contributed by atoms with Crippen LogP contribution in [0.2, 0.25) is 0 Å². The van der Waals surface area contributed by atoms with E-state index in [-0.39, 0.29) is 30.3 Å². The number of aliphatic hydroxyl groups excluding tert-OH is 1. The number of aromatic nitrogens is 2. The summed E-state index contributed by atoms with van der Waals surface area (Å²) < 4.78 is 15.1. The Kier molecular flexibility index (Phi) is 6.51. The highest BCUT2D eigenvalue weighted by molar-refractivity contribution is 7.98. The van der Waals surface area contributed by atoms with Gasteiger partial charge in [-0.25, -0.2) is 14.6 Å². The maximum Gasteiger partial charge on any atom is 0.297 e. The number of hydrogen-bond acceptors (Lipinski definition) is 7. The number of thioether (sulfide) groups is 1. The Bertz CT molecular complexity index is 828. The average molecular weight is 368 g/mol. The van der Waals surface area contributed by atoms with Gasteiger partial charge >= 0.3 is 0 Å². The Morgan fingerprint density at radius 1 is 1.40 bits per heavy atom. The minimum Gasteiger partial charge on any atom is -0.394 e. The molecule has 0 spiro atoms. The number of aryl methyl sites for hydroxylation is 1. The molecule has 0 atom stereocenters. The van der Waals surface area contributed by atoms with Gasteiger partial charge in [0.25, 0.3) is 11.5 Å². The highest BCUT2D eigenvalue weighted by Crippen LogP contribution is 2.25. The number of amides is 1. The summed E-state index contributed by atoms with van der Waals surface area (Å²) in [5, 5.41) is 15.2. The van der Waals surface area contributed by atoms with Crippen LogP contribution >= 0.6 is 11.8 Å². The van der Waals surface area contributed by atoms with Crippen LogP contribution in [0.25, 0.3) is 0 Å². The summed E-state index contributed by atoms with van der Waals surface area (Å²) >= 11 is 1.39. The minimum atomic E-state index is -0.743. The number of anilines is 2. The molecule has 1 amide bonds. The molecule has 1 aromatic heterocycles. The lowest BCUT2D eigenvalue weighted by Crippen LogP contribution is -2.30. The van der Waals surface area contributed by atoms with Crippen LogP contribution in [0, 0.1) is 5.82 Å². The first-order valence-corrected chi connectivity index (χ1v) is 8.40. The SMILES string of the molecule is CSc1ccc(Nc2cc(=O)n(C)nc2C(=O)NOCCO)c(F)c1. The monoisotopic (exact) mass is 368 g/mol. The minimum absolute atomic E-state index is 0.0315. The normalized spacial score (nSPS) is 10.6. The van der Waals surface area contributed by atoms with Gasteiger partial charge in [0.15, 0.2) is 5.69 Å². The summed E-state index contributed by atoms with van der Waals surface area (Å²) in [6.45, 7) is -0.385. The van der Waals surface area contributed by atoms with Crippen molar-refractivity contribution in [3.8, 4) is 0 Å². The molecule has 0 aliphatic rings. The van der Waals surface area contributed by atoms with Crippen LogP contribution in [0.3, 0.4) is 0 Å². The van der Waals surface area contributed by atoms with Crippen molar-refractivity contribution in [1.29, 1.82) is 0 Å². The number of rotatable bonds is 7. The van der Waals surface area contributed by atoms with Crippen LogP contribution < -0.4 is 16.4 Å². The number of nitrogens with zero attached hydrogens (tertiary/aromatic N) is 2. The van der Waals surface area contributed by atoms with E-state index >= 15 is 0 Å². The molecule has 0 unspecified atom stereocenters. The number of hydroxylamine groups is 1. The fourth-order valence-electron chi connectivity index (χ4n) is 1.88. The summed E-state index contributed by atoms with van der Waals surface area (Å²) in [6.07, 6.45) is 1.82. The second kappa shape index (κ2) is 8.60. The third-order valence-corrected chi connectivity index (χ3v) is 3.84. The first-order valence-electron chi connectivity index (χ1n) is 7.18. The smallest absolute Gasteiger partial charge is 0.297 e. The van der Waals surface area contributed by atoms with Gasteiger partial charge in [-0.15, -0.1) is 11.8 Å². The topological polar surface area (TPSA) is 105 Å². The molecule has 0 fully saturated rings. The molecule has 0 bridgehead atoms. The predicted octanol–water partition coefficient (Wildman–Crippen LogP) is 1.04. The van der Waals surface area contributed by atoms with Crippen molar-refractivity contribution in [2.24, 2.45) is 7.05 Å². The Morgan fingerprint density at radius 2 is 2.16 bits per heavy atom. The zero-order valence-corrected chi connectivity index (χ0v) is 14.4. The van der Waals surface area contributed by atoms with Crippen molar-refractivity contribution in [2.75, 3.05) is 24.8 Å². The summed E-state index contributed by atoms with van der Waals surface area (Å²) in [4.78, 5) is 29.4. The molecule has 2 rings (SSSR count). The van der Waals surface area contributed by atoms with Gasteiger partial charge in [-0.05, 0) is 24.5 Å². The number of benzene rings is 1. The Balaban J connectivity index is 2.34. The van der Waals surface area contributed by atoms with Crippen molar-refractivity contribution >= 4 is 29.0 Å². The van der Waals surface area contributed by atoms with Crippen LogP contribution in [-0.2, 0) is 11.9 Å². The van der Waals surface area contributed by atoms with E-state index in [0.29, 0.717) is 0 Å². The molecule has 0 saturated heterocycles. The van der Waals surface area contributed by atoms with Crippen molar-refractivity contribution in [3.05, 3.63) is 46.1 Å². The maximum atomic E-state index is 14.2. The van der Waals surface area contributed by atoms with Gasteiger partial charge < -0.3 is 10.4 Å². The molecule has 2 aromatic rings. The quantitative estimate of drug-likeness (QED) is 0.381. The largest absolute Gasteiger partial charge is 0.394 e. The van der Waals surface area contributed by atoms with E-state index in [1.165, 1.54) is 30.9 Å². The van der Waals surface area contributed by atoms with E-state index in [1.807, 2.05) is 6.26 Å². The van der Waals surface area contributed by atoms with Crippen molar-refractivity contribution in [1.82, 2.24) is 15.3 Å². The zero-order valence-electron chi connectivity index (χ0n) is 13.6. The molecule has 1 heterocycles. The third-order valence-electron chi connectivity index (χ3n) is 3.11. The van der Waals surface area contributed by atoms with E-state index in [1.54, 1.807) is 6.07 Å². The Hall–Kier alpha value is -2.43. The highest BCUT2D eigenvalue weighted by Gasteiger charge is 2.17. The molecule has 8 nitrogen and oxygen atoms in total. The molecule has 10 heteroatoms. The summed E-state index contributed by atoms with van der Waals surface area (Å²) in [5.74, 6) is -1.27. The molecule has 0 aliphatic carbocycles. The Labute approximate surface area is 147 Å². The molecule has 0 saturated carbocycles. The van der Waals surface area contributed by atoms with Gasteiger partial charge in [0.1, 0.15) is 5.82 Å². The average Bonchev–Trinajstić information content (AvgIpc) is 2.59. The second-order valence-electron chi connectivity index (χ2n) is 4.84. The standard InChI is InChI=1S/C15H17FN4O4S/c1-20-13(22)8-12(14(18-20)15(23)19-24-6-5-21)17-11-4-3-9(25-2)7-10(11)16/h3-4,7-8,17,21H,5-6H2,1-2H3,(H,19,23). The summed E-state index contributed by atoms with van der Waals surface area (Å²) in [6, 6.07) is 5.68. The first kappa shape index (κ1) is 18.9. The number of carbonyl (C=O) groups excluding carboxylic acids is 1. The van der Waals surface area contributed by atoms with E-state index in [4.69, 9.17) is 9.94 Å². The van der Waals surface area contributed by atoms with Crippen molar-refractivity contribution in [3.63, 3.8) is 0 Å². The third kappa shape index (κ3) is 4.78. The first-order chi connectivity index (χ1) is 12.0. The van der Waals surface area contributed by atoms with Gasteiger partial charge in [-0.2, -0.15) is 5.10 Å². The number of hydrogen-bond donors (Lipinski definition) is 3. The van der Waals surface area contributed by atoms with Crippen molar-refractivity contribution < 1.29 is 19.1 Å². The van der Waals surface area contributed by atoms with Crippen LogP contribution in [0.15, 0.2) is 34.0 Å². The van der Waals surface area contributed by atoms with E-state index in [2.05, 4.69) is 15.9 Å². The van der Waals surface area contributed by atoms with Gasteiger partial charge in [0.2, 0.25) is 0 Å². The van der Waals surface area contributed by atoms with Gasteiger partial charge in [0.05, 0.1) is 24.6 Å². The van der Waals surface area contributed by atoms with Crippen LogP contribution in [0.1, 0.15) is 10.5 Å². The lowest BCUT2D eigenvalue weighted by atomic mass is 10.2. The lowest BCUT2D eigenvalue weighted by Gasteiger charge is -2.13. The number of aliphatic hydroxyl groups is 1. The van der Waals surface area contributed by atoms with E-state index in [9.17, 15) is 14.0 Å². The lowest BCUT2D eigenvalue weighted by molar-refractivity contribution is 0.0164. The molecule has 25 heavy (non-hydrogen) atoms. The fourth-order valence-corrected chi connectivity index (χ4v) is 2.31. The second-order valence-corrected chi connectivity index (χ2v) is 5.72. The molecule has 0 radical (unpaired) electrons. The highest BCUT2D eigenvalue weighted by atomic mass is 32.2. The van der Waals surface area contributed by atoms with E-state index < -0.39 is 17.3 Å². The van der Waals surface area contributed by atoms with Gasteiger partial charge in [-0.3, -0.25) is 14.4 Å². The molecule has 134 valence electrons. The molecule has 3 N–H and O–H groups in total. The summed E-state index contributed by atoms with van der Waals surface area (Å²) in [7, 11) is 1.38. The van der Waals surface area contributed by atoms with Crippen LogP contribution in [0.4, 0.5) is 15.8 Å². The van der Waals surface area contributed by atoms with E-state index in [0.717, 1.165) is 15.6 Å².